The zero-order valence-electron chi connectivity index (χ0n) is 17.2. The van der Waals surface area contributed by atoms with Gasteiger partial charge in [0.2, 0.25) is 5.91 Å². The minimum atomic E-state index is -0.225. The monoisotopic (exact) mass is 411 g/mol. The summed E-state index contributed by atoms with van der Waals surface area (Å²) < 4.78 is 13.7. The summed E-state index contributed by atoms with van der Waals surface area (Å²) in [5.41, 5.74) is 2.98. The number of halogens is 1. The molecule has 0 saturated carbocycles. The highest BCUT2D eigenvalue weighted by atomic mass is 19.1. The van der Waals surface area contributed by atoms with Gasteiger partial charge in [-0.2, -0.15) is 0 Å². The predicted molar refractivity (Wildman–Crippen MR) is 114 cm³/mol. The van der Waals surface area contributed by atoms with Crippen LogP contribution >= 0.6 is 0 Å². The van der Waals surface area contributed by atoms with Crippen molar-refractivity contribution in [2.45, 2.75) is 20.0 Å². The molecule has 7 nitrogen and oxygen atoms in total. The van der Waals surface area contributed by atoms with Crippen molar-refractivity contribution in [2.75, 3.05) is 26.7 Å². The molecule has 0 aromatic heterocycles. The van der Waals surface area contributed by atoms with Gasteiger partial charge in [-0.1, -0.05) is 24.3 Å². The molecule has 2 aromatic carbocycles. The Bertz CT molecular complexity index is 943. The first-order chi connectivity index (χ1) is 14.5. The Hall–Kier alpha value is -3.42. The maximum absolute atomic E-state index is 13.7. The van der Waals surface area contributed by atoms with Gasteiger partial charge in [0, 0.05) is 38.8 Å². The first kappa shape index (κ1) is 21.3. The number of benzene rings is 2. The minimum Gasteiger partial charge on any atom is -0.353 e. The number of guanidine groups is 1. The maximum atomic E-state index is 13.7. The van der Waals surface area contributed by atoms with Gasteiger partial charge in [0.15, 0.2) is 5.96 Å². The molecule has 3 rings (SSSR count). The molecule has 1 aliphatic heterocycles. The van der Waals surface area contributed by atoms with Crippen LogP contribution in [0.5, 0.6) is 0 Å². The number of aliphatic imine (C=N–C) groups is 1. The van der Waals surface area contributed by atoms with Gasteiger partial charge >= 0.3 is 0 Å². The Kier molecular flexibility index (Phi) is 7.00. The Balaban J connectivity index is 1.51. The maximum Gasteiger partial charge on any atom is 0.254 e. The molecular weight excluding hydrogens is 385 g/mol. The van der Waals surface area contributed by atoms with Gasteiger partial charge < -0.3 is 20.9 Å². The van der Waals surface area contributed by atoms with E-state index in [0.717, 1.165) is 11.1 Å². The molecule has 0 radical (unpaired) electrons. The average Bonchev–Trinajstić information content (AvgIpc) is 2.76. The molecule has 0 atom stereocenters. The topological polar surface area (TPSA) is 85.8 Å². The largest absolute Gasteiger partial charge is 0.353 e. The van der Waals surface area contributed by atoms with Crippen LogP contribution in [0.4, 0.5) is 4.39 Å². The molecule has 2 aromatic rings. The molecule has 0 spiro atoms. The summed E-state index contributed by atoms with van der Waals surface area (Å²) in [6.07, 6.45) is 0. The van der Waals surface area contributed by atoms with Crippen molar-refractivity contribution in [1.82, 2.24) is 20.9 Å². The third-order valence-electron chi connectivity index (χ3n) is 4.91. The molecule has 8 heteroatoms. The van der Waals surface area contributed by atoms with E-state index in [-0.39, 0.29) is 24.2 Å². The van der Waals surface area contributed by atoms with E-state index in [1.165, 1.54) is 6.07 Å². The van der Waals surface area contributed by atoms with Crippen LogP contribution in [0, 0.1) is 12.7 Å². The molecule has 30 heavy (non-hydrogen) atoms. The van der Waals surface area contributed by atoms with E-state index < -0.39 is 0 Å². The van der Waals surface area contributed by atoms with E-state index >= 15 is 0 Å². The van der Waals surface area contributed by atoms with E-state index in [4.69, 9.17) is 0 Å². The summed E-state index contributed by atoms with van der Waals surface area (Å²) in [6.45, 7) is 3.79. The van der Waals surface area contributed by atoms with Gasteiger partial charge in [0.25, 0.3) is 5.91 Å². The predicted octanol–water partition coefficient (Wildman–Crippen LogP) is 1.57. The van der Waals surface area contributed by atoms with Crippen molar-refractivity contribution in [3.8, 4) is 0 Å². The van der Waals surface area contributed by atoms with Crippen LogP contribution in [0.15, 0.2) is 47.5 Å². The standard InChI is InChI=1S/C22H26FN5O2/c1-15-3-4-17(11-19(15)23)13-27-22(24-2)26-12-16-5-7-18(8-6-16)21(30)28-10-9-25-20(29)14-28/h3-8,11H,9-10,12-14H2,1-2H3,(H,25,29)(H2,24,26,27). The fourth-order valence-corrected chi connectivity index (χ4v) is 3.10. The molecule has 1 aliphatic rings. The Labute approximate surface area is 175 Å². The van der Waals surface area contributed by atoms with Crippen molar-refractivity contribution in [1.29, 1.82) is 0 Å². The van der Waals surface area contributed by atoms with Gasteiger partial charge in [0.1, 0.15) is 5.82 Å². The van der Waals surface area contributed by atoms with E-state index in [1.807, 2.05) is 18.2 Å². The van der Waals surface area contributed by atoms with E-state index in [1.54, 1.807) is 37.1 Å². The Morgan fingerprint density at radius 2 is 1.80 bits per heavy atom. The highest BCUT2D eigenvalue weighted by Crippen LogP contribution is 2.10. The third-order valence-corrected chi connectivity index (χ3v) is 4.91. The van der Waals surface area contributed by atoms with Crippen LogP contribution in [0.1, 0.15) is 27.0 Å². The highest BCUT2D eigenvalue weighted by molar-refractivity contribution is 5.97. The normalized spacial score (nSPS) is 14.3. The molecule has 0 bridgehead atoms. The van der Waals surface area contributed by atoms with Crippen molar-refractivity contribution >= 4 is 17.8 Å². The fourth-order valence-electron chi connectivity index (χ4n) is 3.10. The summed E-state index contributed by atoms with van der Waals surface area (Å²) in [5.74, 6) is 0.0855. The SMILES string of the molecule is CN=C(NCc1ccc(C(=O)N2CCNC(=O)C2)cc1)NCc1ccc(C)c(F)c1. The van der Waals surface area contributed by atoms with E-state index in [0.29, 0.717) is 43.3 Å². The van der Waals surface area contributed by atoms with Gasteiger partial charge in [-0.15, -0.1) is 0 Å². The molecular formula is C22H26FN5O2. The first-order valence-corrected chi connectivity index (χ1v) is 9.80. The number of nitrogens with zero attached hydrogens (tertiary/aromatic N) is 2. The molecule has 1 fully saturated rings. The summed E-state index contributed by atoms with van der Waals surface area (Å²) in [5, 5.41) is 9.06. The Morgan fingerprint density at radius 1 is 1.13 bits per heavy atom. The lowest BCUT2D eigenvalue weighted by Crippen LogP contribution is -2.49. The number of hydrogen-bond acceptors (Lipinski definition) is 3. The second-order valence-corrected chi connectivity index (χ2v) is 7.14. The number of amides is 2. The number of carbonyl (C=O) groups excluding carboxylic acids is 2. The lowest BCUT2D eigenvalue weighted by molar-refractivity contribution is -0.123. The molecule has 2 amide bonds. The van der Waals surface area contributed by atoms with Crippen LogP contribution in [-0.2, 0) is 17.9 Å². The molecule has 158 valence electrons. The summed E-state index contributed by atoms with van der Waals surface area (Å²) in [6, 6.07) is 12.4. The molecule has 1 heterocycles. The van der Waals surface area contributed by atoms with Crippen LogP contribution in [0.25, 0.3) is 0 Å². The fraction of sp³-hybridized carbons (Fsp3) is 0.318. The zero-order valence-corrected chi connectivity index (χ0v) is 17.2. The summed E-state index contributed by atoms with van der Waals surface area (Å²) in [7, 11) is 1.67. The van der Waals surface area contributed by atoms with Gasteiger partial charge in [-0.3, -0.25) is 14.6 Å². The Morgan fingerprint density at radius 3 is 2.43 bits per heavy atom. The molecule has 0 unspecified atom stereocenters. The van der Waals surface area contributed by atoms with Gasteiger partial charge in [-0.25, -0.2) is 4.39 Å². The molecule has 3 N–H and O–H groups in total. The summed E-state index contributed by atoms with van der Waals surface area (Å²) in [4.78, 5) is 29.7. The lowest BCUT2D eigenvalue weighted by atomic mass is 10.1. The number of nitrogens with one attached hydrogen (secondary N) is 3. The molecule has 0 aliphatic carbocycles. The second kappa shape index (κ2) is 9.87. The number of piperazine rings is 1. The lowest BCUT2D eigenvalue weighted by Gasteiger charge is -2.26. The zero-order chi connectivity index (χ0) is 21.5. The first-order valence-electron chi connectivity index (χ1n) is 9.80. The average molecular weight is 411 g/mol. The number of rotatable bonds is 5. The third kappa shape index (κ3) is 5.56. The van der Waals surface area contributed by atoms with Crippen molar-refractivity contribution in [3.63, 3.8) is 0 Å². The van der Waals surface area contributed by atoms with Crippen LogP contribution in [0.2, 0.25) is 0 Å². The quantitative estimate of drug-likeness (QED) is 0.515. The van der Waals surface area contributed by atoms with Gasteiger partial charge in [0.05, 0.1) is 6.54 Å². The molecule has 1 saturated heterocycles. The smallest absolute Gasteiger partial charge is 0.254 e. The van der Waals surface area contributed by atoms with Crippen molar-refractivity contribution in [2.24, 2.45) is 4.99 Å². The second-order valence-electron chi connectivity index (χ2n) is 7.14. The van der Waals surface area contributed by atoms with E-state index in [9.17, 15) is 14.0 Å². The minimum absolute atomic E-state index is 0.0923. The number of carbonyl (C=O) groups is 2. The van der Waals surface area contributed by atoms with Crippen LogP contribution < -0.4 is 16.0 Å². The van der Waals surface area contributed by atoms with Crippen molar-refractivity contribution in [3.05, 3.63) is 70.5 Å². The van der Waals surface area contributed by atoms with Gasteiger partial charge in [-0.05, 0) is 41.8 Å². The highest BCUT2D eigenvalue weighted by Gasteiger charge is 2.22. The van der Waals surface area contributed by atoms with Crippen molar-refractivity contribution < 1.29 is 14.0 Å². The van der Waals surface area contributed by atoms with Crippen LogP contribution in [-0.4, -0.2) is 49.4 Å². The number of aryl methyl sites for hydroxylation is 1. The summed E-state index contributed by atoms with van der Waals surface area (Å²) >= 11 is 0. The van der Waals surface area contributed by atoms with E-state index in [2.05, 4.69) is 20.9 Å². The van der Waals surface area contributed by atoms with Crippen LogP contribution in [0.3, 0.4) is 0 Å². The number of hydrogen-bond donors (Lipinski definition) is 3.